The number of esters is 1. The summed E-state index contributed by atoms with van der Waals surface area (Å²) in [6, 6.07) is 18.5. The van der Waals surface area contributed by atoms with Crippen LogP contribution in [0.2, 0.25) is 5.02 Å². The van der Waals surface area contributed by atoms with Gasteiger partial charge in [0.05, 0.1) is 41.8 Å². The summed E-state index contributed by atoms with van der Waals surface area (Å²) in [5, 5.41) is 3.95. The van der Waals surface area contributed by atoms with Crippen molar-refractivity contribution >= 4 is 69.8 Å². The molecule has 0 spiro atoms. The summed E-state index contributed by atoms with van der Waals surface area (Å²) in [5.41, 5.74) is 2.09. The summed E-state index contributed by atoms with van der Waals surface area (Å²) in [6.45, 7) is 1.67. The Kier molecular flexibility index (Phi) is 8.67. The lowest BCUT2D eigenvalue weighted by Crippen LogP contribution is -2.42. The van der Waals surface area contributed by atoms with Crippen LogP contribution in [0.1, 0.15) is 40.1 Å². The molecule has 4 aromatic rings. The fourth-order valence-corrected chi connectivity index (χ4v) is 11.5. The number of amides is 3. The number of nitrogens with zero attached hydrogens (tertiary/aromatic N) is 1. The zero-order valence-electron chi connectivity index (χ0n) is 27.4. The van der Waals surface area contributed by atoms with Gasteiger partial charge < -0.3 is 24.5 Å². The molecule has 2 bridgehead atoms. The van der Waals surface area contributed by atoms with E-state index in [0.717, 1.165) is 27.7 Å². The van der Waals surface area contributed by atoms with E-state index in [1.165, 1.54) is 4.90 Å². The molecule has 11 nitrogen and oxygen atoms in total. The zero-order valence-corrected chi connectivity index (χ0v) is 29.8. The monoisotopic (exact) mass is 745 g/mol. The van der Waals surface area contributed by atoms with Crippen LogP contribution in [0.15, 0.2) is 76.6 Å². The number of nitrogens with one attached hydrogen (secondary N) is 2. The fraction of sp³-hybridized carbons (Fsp3) is 0.324. The van der Waals surface area contributed by atoms with Crippen molar-refractivity contribution in [2.75, 3.05) is 30.5 Å². The van der Waals surface area contributed by atoms with E-state index < -0.39 is 23.7 Å². The number of H-pyrrole nitrogens is 1. The SMILES string of the molecule is CCOC(=O)c1ccc(NC(=O)COc2ccc(Cl)cc2[C@@H]2c3sc(=O)[nH]c3S[C@@H]3[C@@H]4C[C@@H]([C@@H]5C(=O)N(c6ccc(OC)cc6)C(=O)[C@@H]45)[C@H]23)cc1. The Morgan fingerprint density at radius 1 is 0.980 bits per heavy atom. The van der Waals surface area contributed by atoms with E-state index in [1.54, 1.807) is 86.5 Å². The molecule has 2 aliphatic heterocycles. The molecule has 51 heavy (non-hydrogen) atoms. The van der Waals surface area contributed by atoms with Gasteiger partial charge in [-0.3, -0.25) is 24.1 Å². The Balaban J connectivity index is 1.08. The molecular formula is C37H32ClN3O8S2. The molecular weight excluding hydrogens is 714 g/mol. The van der Waals surface area contributed by atoms with Gasteiger partial charge in [0.2, 0.25) is 11.8 Å². The van der Waals surface area contributed by atoms with Crippen LogP contribution in [0.3, 0.4) is 0 Å². The zero-order chi connectivity index (χ0) is 35.6. The average molecular weight is 746 g/mol. The minimum Gasteiger partial charge on any atom is -0.497 e. The van der Waals surface area contributed by atoms with Crippen molar-refractivity contribution in [3.8, 4) is 11.5 Å². The number of hydrogen-bond donors (Lipinski definition) is 2. The minimum absolute atomic E-state index is 0.0423. The summed E-state index contributed by atoms with van der Waals surface area (Å²) in [5.74, 6) is -1.78. The molecule has 3 amide bonds. The van der Waals surface area contributed by atoms with Crippen LogP contribution in [-0.2, 0) is 19.1 Å². The minimum atomic E-state index is -0.490. The number of aromatic amines is 1. The van der Waals surface area contributed by atoms with Crippen molar-refractivity contribution in [3.63, 3.8) is 0 Å². The van der Waals surface area contributed by atoms with Crippen molar-refractivity contribution in [3.05, 3.63) is 97.4 Å². The van der Waals surface area contributed by atoms with Crippen molar-refractivity contribution < 1.29 is 33.4 Å². The van der Waals surface area contributed by atoms with Crippen LogP contribution in [0.5, 0.6) is 11.5 Å². The number of benzene rings is 3. The predicted octanol–water partition coefficient (Wildman–Crippen LogP) is 5.97. The first-order valence-electron chi connectivity index (χ1n) is 16.6. The molecule has 3 aromatic carbocycles. The fourth-order valence-electron chi connectivity index (χ4n) is 8.49. The third-order valence-corrected chi connectivity index (χ3v) is 13.2. The van der Waals surface area contributed by atoms with Gasteiger partial charge in [-0.2, -0.15) is 0 Å². The van der Waals surface area contributed by atoms with E-state index in [4.69, 9.17) is 25.8 Å². The van der Waals surface area contributed by atoms with Crippen LogP contribution >= 0.6 is 34.7 Å². The molecule has 1 aromatic heterocycles. The lowest BCUT2D eigenvalue weighted by molar-refractivity contribution is -0.123. The molecule has 2 saturated carbocycles. The molecule has 3 heterocycles. The summed E-state index contributed by atoms with van der Waals surface area (Å²) >= 11 is 9.32. The predicted molar refractivity (Wildman–Crippen MR) is 192 cm³/mol. The number of thiazole rings is 1. The number of hydrogen-bond acceptors (Lipinski definition) is 10. The number of carbonyl (C=O) groups excluding carboxylic acids is 4. The Hall–Kier alpha value is -4.59. The van der Waals surface area contributed by atoms with Gasteiger partial charge in [0.15, 0.2) is 6.61 Å². The van der Waals surface area contributed by atoms with Crippen LogP contribution in [0.25, 0.3) is 0 Å². The van der Waals surface area contributed by atoms with E-state index in [1.807, 2.05) is 6.07 Å². The number of anilines is 2. The number of halogens is 1. The topological polar surface area (TPSA) is 144 Å². The molecule has 3 fully saturated rings. The molecule has 2 aliphatic carbocycles. The van der Waals surface area contributed by atoms with Crippen LogP contribution in [0.4, 0.5) is 11.4 Å². The number of fused-ring (bicyclic) bond motifs is 9. The molecule has 2 N–H and O–H groups in total. The van der Waals surface area contributed by atoms with Gasteiger partial charge in [-0.05, 0) is 97.8 Å². The quantitative estimate of drug-likeness (QED) is 0.156. The third-order valence-electron chi connectivity index (χ3n) is 10.4. The highest BCUT2D eigenvalue weighted by Gasteiger charge is 2.70. The number of carbonyl (C=O) groups is 4. The maximum atomic E-state index is 14.1. The molecule has 8 rings (SSSR count). The molecule has 0 unspecified atom stereocenters. The molecule has 0 radical (unpaired) electrons. The van der Waals surface area contributed by atoms with E-state index >= 15 is 0 Å². The van der Waals surface area contributed by atoms with Crippen molar-refractivity contribution in [1.82, 2.24) is 4.98 Å². The number of imide groups is 1. The molecule has 1 saturated heterocycles. The maximum Gasteiger partial charge on any atom is 0.338 e. The second-order valence-corrected chi connectivity index (χ2v) is 15.6. The largest absolute Gasteiger partial charge is 0.497 e. The Bertz CT molecular complexity index is 2120. The Morgan fingerprint density at radius 3 is 2.41 bits per heavy atom. The summed E-state index contributed by atoms with van der Waals surface area (Å²) in [4.78, 5) is 70.9. The van der Waals surface area contributed by atoms with E-state index in [-0.39, 0.29) is 58.8 Å². The normalized spacial score (nSPS) is 25.6. The first-order valence-corrected chi connectivity index (χ1v) is 18.6. The van der Waals surface area contributed by atoms with Gasteiger partial charge in [-0.25, -0.2) is 4.79 Å². The second-order valence-electron chi connectivity index (χ2n) is 13.0. The highest BCUT2D eigenvalue weighted by molar-refractivity contribution is 8.00. The lowest BCUT2D eigenvalue weighted by atomic mass is 9.68. The van der Waals surface area contributed by atoms with E-state index in [0.29, 0.717) is 39.0 Å². The van der Waals surface area contributed by atoms with Gasteiger partial charge in [0.25, 0.3) is 5.91 Å². The van der Waals surface area contributed by atoms with Crippen molar-refractivity contribution in [2.45, 2.75) is 29.5 Å². The smallest absolute Gasteiger partial charge is 0.338 e. The van der Waals surface area contributed by atoms with Crippen LogP contribution in [-0.4, -0.2) is 54.2 Å². The molecule has 4 aliphatic rings. The van der Waals surface area contributed by atoms with Crippen molar-refractivity contribution in [1.29, 1.82) is 0 Å². The van der Waals surface area contributed by atoms with E-state index in [9.17, 15) is 24.0 Å². The summed E-state index contributed by atoms with van der Waals surface area (Å²) in [6.07, 6.45) is 0.718. The average Bonchev–Trinajstić information content (AvgIpc) is 3.87. The molecule has 262 valence electrons. The maximum absolute atomic E-state index is 14.1. The molecule has 14 heteroatoms. The lowest BCUT2D eigenvalue weighted by Gasteiger charge is -2.43. The van der Waals surface area contributed by atoms with Gasteiger partial charge >= 0.3 is 10.8 Å². The highest BCUT2D eigenvalue weighted by atomic mass is 35.5. The number of rotatable bonds is 9. The van der Waals surface area contributed by atoms with Gasteiger partial charge in [0, 0.05) is 32.3 Å². The highest BCUT2D eigenvalue weighted by Crippen LogP contribution is 2.69. The number of ether oxygens (including phenoxy) is 3. The first-order chi connectivity index (χ1) is 24.7. The second kappa shape index (κ2) is 13.2. The van der Waals surface area contributed by atoms with Gasteiger partial charge in [-0.1, -0.05) is 22.9 Å². The Labute approximate surface area is 305 Å². The third kappa shape index (κ3) is 5.71. The summed E-state index contributed by atoms with van der Waals surface area (Å²) < 4.78 is 16.5. The first kappa shape index (κ1) is 33.5. The van der Waals surface area contributed by atoms with Gasteiger partial charge in [-0.15, -0.1) is 11.8 Å². The van der Waals surface area contributed by atoms with Crippen LogP contribution < -0.4 is 24.6 Å². The number of aromatic nitrogens is 1. The summed E-state index contributed by atoms with van der Waals surface area (Å²) in [7, 11) is 1.56. The van der Waals surface area contributed by atoms with Gasteiger partial charge in [0.1, 0.15) is 11.5 Å². The Morgan fingerprint density at radius 2 is 1.71 bits per heavy atom. The molecule has 7 atom stereocenters. The van der Waals surface area contributed by atoms with E-state index in [2.05, 4.69) is 10.3 Å². The number of thioether (sulfide) groups is 1. The van der Waals surface area contributed by atoms with Crippen LogP contribution in [0, 0.1) is 29.6 Å². The van der Waals surface area contributed by atoms with Crippen molar-refractivity contribution in [2.24, 2.45) is 29.6 Å². The standard InChI is InChI=1S/C37H32ClN3O8S2/c1-3-48-36(45)17-4-7-19(8-5-17)39-26(42)16-49-25-13-6-18(38)14-22(25)27-28-23-15-24(31(28)50-33-32(27)51-37(46)40-33)30-29(23)34(43)41(35(30)44)20-9-11-21(47-2)12-10-20/h4-14,23-24,27-31H,3,15-16H2,1-2H3,(H,39,42)(H,40,46)/t23-,24-,27+,28-,29+,30+,31-/m1/s1. The number of methoxy groups -OCH3 is 1.